The lowest BCUT2D eigenvalue weighted by Gasteiger charge is -2.29. The van der Waals surface area contributed by atoms with Crippen LogP contribution in [0.4, 0.5) is 4.39 Å². The SMILES string of the molecule is CCC1CCCC(N)(Cc2ccc(F)cc2Cl)CC1. The molecule has 1 aliphatic rings. The first-order valence-electron chi connectivity index (χ1n) is 7.25. The van der Waals surface area contributed by atoms with E-state index in [9.17, 15) is 4.39 Å². The van der Waals surface area contributed by atoms with Crippen molar-refractivity contribution in [3.63, 3.8) is 0 Å². The van der Waals surface area contributed by atoms with Gasteiger partial charge in [-0.2, -0.15) is 0 Å². The molecule has 2 rings (SSSR count). The normalized spacial score (nSPS) is 28.1. The van der Waals surface area contributed by atoms with Crippen molar-refractivity contribution in [2.45, 2.75) is 57.4 Å². The van der Waals surface area contributed by atoms with Crippen LogP contribution in [0.2, 0.25) is 5.02 Å². The molecule has 0 heterocycles. The van der Waals surface area contributed by atoms with Crippen molar-refractivity contribution in [2.24, 2.45) is 11.7 Å². The molecule has 1 aliphatic carbocycles. The van der Waals surface area contributed by atoms with Crippen LogP contribution in [0.1, 0.15) is 51.0 Å². The molecule has 2 unspecified atom stereocenters. The third kappa shape index (κ3) is 3.93. The van der Waals surface area contributed by atoms with Gasteiger partial charge in [-0.1, -0.05) is 43.9 Å². The number of rotatable bonds is 3. The molecular weight excluding hydrogens is 261 g/mol. The van der Waals surface area contributed by atoms with E-state index in [0.29, 0.717) is 5.02 Å². The van der Waals surface area contributed by atoms with Gasteiger partial charge in [-0.3, -0.25) is 0 Å². The van der Waals surface area contributed by atoms with Gasteiger partial charge in [0.1, 0.15) is 5.82 Å². The summed E-state index contributed by atoms with van der Waals surface area (Å²) in [6.45, 7) is 2.25. The molecule has 1 aromatic carbocycles. The van der Waals surface area contributed by atoms with Crippen LogP contribution >= 0.6 is 11.6 Å². The lowest BCUT2D eigenvalue weighted by Crippen LogP contribution is -2.41. The zero-order valence-corrected chi connectivity index (χ0v) is 12.3. The molecule has 1 nitrogen and oxygen atoms in total. The van der Waals surface area contributed by atoms with Gasteiger partial charge < -0.3 is 5.73 Å². The molecule has 1 saturated carbocycles. The maximum atomic E-state index is 13.1. The summed E-state index contributed by atoms with van der Waals surface area (Å²) < 4.78 is 13.1. The van der Waals surface area contributed by atoms with Crippen LogP contribution in [0, 0.1) is 11.7 Å². The van der Waals surface area contributed by atoms with Crippen LogP contribution < -0.4 is 5.73 Å². The highest BCUT2D eigenvalue weighted by Crippen LogP contribution is 2.33. The molecule has 1 aromatic rings. The molecule has 0 aliphatic heterocycles. The molecule has 0 saturated heterocycles. The van der Waals surface area contributed by atoms with Crippen LogP contribution in [-0.2, 0) is 6.42 Å². The van der Waals surface area contributed by atoms with Gasteiger partial charge in [0, 0.05) is 10.6 Å². The van der Waals surface area contributed by atoms with Crippen molar-refractivity contribution < 1.29 is 4.39 Å². The fourth-order valence-corrected chi connectivity index (χ4v) is 3.37. The van der Waals surface area contributed by atoms with Crippen LogP contribution in [0.15, 0.2) is 18.2 Å². The molecule has 0 bridgehead atoms. The van der Waals surface area contributed by atoms with Crippen LogP contribution in [0.5, 0.6) is 0 Å². The van der Waals surface area contributed by atoms with Gasteiger partial charge in [0.2, 0.25) is 0 Å². The minimum absolute atomic E-state index is 0.175. The molecule has 2 N–H and O–H groups in total. The maximum absolute atomic E-state index is 13.1. The molecule has 3 heteroatoms. The smallest absolute Gasteiger partial charge is 0.124 e. The van der Waals surface area contributed by atoms with E-state index in [-0.39, 0.29) is 11.4 Å². The monoisotopic (exact) mass is 283 g/mol. The Morgan fingerprint density at radius 1 is 1.37 bits per heavy atom. The Morgan fingerprint density at radius 3 is 2.84 bits per heavy atom. The van der Waals surface area contributed by atoms with Gasteiger partial charge in [-0.05, 0) is 49.3 Å². The van der Waals surface area contributed by atoms with Crippen molar-refractivity contribution in [1.29, 1.82) is 0 Å². The summed E-state index contributed by atoms with van der Waals surface area (Å²) in [6.07, 6.45) is 7.75. The lowest BCUT2D eigenvalue weighted by molar-refractivity contribution is 0.358. The number of nitrogens with two attached hydrogens (primary N) is 1. The number of hydrogen-bond acceptors (Lipinski definition) is 1. The number of benzene rings is 1. The summed E-state index contributed by atoms with van der Waals surface area (Å²) in [5, 5.41) is 0.501. The molecule has 106 valence electrons. The second-order valence-corrected chi connectivity index (χ2v) is 6.39. The first-order valence-corrected chi connectivity index (χ1v) is 7.63. The predicted molar refractivity (Wildman–Crippen MR) is 78.9 cm³/mol. The van der Waals surface area contributed by atoms with Gasteiger partial charge >= 0.3 is 0 Å². The van der Waals surface area contributed by atoms with Gasteiger partial charge in [0.05, 0.1) is 0 Å². The van der Waals surface area contributed by atoms with E-state index in [1.807, 2.05) is 0 Å². The number of hydrogen-bond donors (Lipinski definition) is 1. The Kier molecular flexibility index (Phi) is 4.86. The van der Waals surface area contributed by atoms with Gasteiger partial charge in [-0.15, -0.1) is 0 Å². The lowest BCUT2D eigenvalue weighted by atomic mass is 9.84. The summed E-state index contributed by atoms with van der Waals surface area (Å²) in [5.41, 5.74) is 7.36. The van der Waals surface area contributed by atoms with Crippen LogP contribution in [0.25, 0.3) is 0 Å². The minimum Gasteiger partial charge on any atom is -0.325 e. The first kappa shape index (κ1) is 14.8. The van der Waals surface area contributed by atoms with Crippen molar-refractivity contribution in [3.05, 3.63) is 34.6 Å². The minimum atomic E-state index is -0.285. The summed E-state index contributed by atoms with van der Waals surface area (Å²) in [5.74, 6) is 0.529. The molecule has 0 radical (unpaired) electrons. The first-order chi connectivity index (χ1) is 9.02. The third-order valence-electron chi connectivity index (χ3n) is 4.47. The largest absolute Gasteiger partial charge is 0.325 e. The highest BCUT2D eigenvalue weighted by molar-refractivity contribution is 6.31. The quantitative estimate of drug-likeness (QED) is 0.799. The van der Waals surface area contributed by atoms with Crippen LogP contribution in [-0.4, -0.2) is 5.54 Å². The highest BCUT2D eigenvalue weighted by Gasteiger charge is 2.29. The molecule has 0 amide bonds. The molecular formula is C16H23ClFN. The zero-order valence-electron chi connectivity index (χ0n) is 11.6. The average Bonchev–Trinajstić information content (AvgIpc) is 2.55. The fraction of sp³-hybridized carbons (Fsp3) is 0.625. The van der Waals surface area contributed by atoms with Gasteiger partial charge in [0.15, 0.2) is 0 Å². The standard InChI is InChI=1S/C16H23ClFN/c1-2-12-4-3-8-16(19,9-7-12)11-13-5-6-14(18)10-15(13)17/h5-6,10,12H,2-4,7-9,11,19H2,1H3. The van der Waals surface area contributed by atoms with Crippen molar-refractivity contribution in [1.82, 2.24) is 0 Å². The van der Waals surface area contributed by atoms with E-state index < -0.39 is 0 Å². The average molecular weight is 284 g/mol. The van der Waals surface area contributed by atoms with Gasteiger partial charge in [-0.25, -0.2) is 4.39 Å². The molecule has 0 aromatic heterocycles. The maximum Gasteiger partial charge on any atom is 0.124 e. The fourth-order valence-electron chi connectivity index (χ4n) is 3.13. The topological polar surface area (TPSA) is 26.0 Å². The van der Waals surface area contributed by atoms with E-state index in [4.69, 9.17) is 17.3 Å². The van der Waals surface area contributed by atoms with Crippen LogP contribution in [0.3, 0.4) is 0 Å². The zero-order chi connectivity index (χ0) is 13.9. The van der Waals surface area contributed by atoms with Crippen molar-refractivity contribution in [2.75, 3.05) is 0 Å². The Hall–Kier alpha value is -0.600. The molecule has 19 heavy (non-hydrogen) atoms. The highest BCUT2D eigenvalue weighted by atomic mass is 35.5. The molecule has 1 fully saturated rings. The van der Waals surface area contributed by atoms with E-state index in [1.54, 1.807) is 6.07 Å². The predicted octanol–water partition coefficient (Wildman–Crippen LogP) is 4.71. The Bertz CT molecular complexity index is 435. The van der Waals surface area contributed by atoms with E-state index >= 15 is 0 Å². The Morgan fingerprint density at radius 2 is 2.16 bits per heavy atom. The van der Waals surface area contributed by atoms with Gasteiger partial charge in [0.25, 0.3) is 0 Å². The summed E-state index contributed by atoms with van der Waals surface area (Å²) in [6, 6.07) is 4.62. The second kappa shape index (κ2) is 6.23. The van der Waals surface area contributed by atoms with E-state index in [0.717, 1.165) is 30.7 Å². The third-order valence-corrected chi connectivity index (χ3v) is 4.82. The van der Waals surface area contributed by atoms with Crippen molar-refractivity contribution in [3.8, 4) is 0 Å². The Labute approximate surface area is 120 Å². The summed E-state index contributed by atoms with van der Waals surface area (Å²) in [4.78, 5) is 0. The molecule has 0 spiro atoms. The van der Waals surface area contributed by atoms with E-state index in [1.165, 1.54) is 37.8 Å². The Balaban J connectivity index is 2.08. The summed E-state index contributed by atoms with van der Waals surface area (Å²) >= 11 is 6.11. The van der Waals surface area contributed by atoms with E-state index in [2.05, 4.69) is 6.92 Å². The molecule has 2 atom stereocenters. The number of halogens is 2. The second-order valence-electron chi connectivity index (χ2n) is 5.98. The van der Waals surface area contributed by atoms with Crippen molar-refractivity contribution >= 4 is 11.6 Å². The summed E-state index contributed by atoms with van der Waals surface area (Å²) in [7, 11) is 0.